The number of benzene rings is 1. The number of allylic oxidation sites excluding steroid dienone is 1. The molecule has 0 radical (unpaired) electrons. The molecule has 0 aliphatic heterocycles. The maximum absolute atomic E-state index is 9.37. The van der Waals surface area contributed by atoms with E-state index < -0.39 is 17.7 Å². The second-order valence-corrected chi connectivity index (χ2v) is 34.9. The molecular formula is C17H31Cl2NOSiZr. The summed E-state index contributed by atoms with van der Waals surface area (Å²) in [7, 11) is 0. The SMILES string of the molecule is CC(C)(C)[NH][Zr]([CH3])(=[SiH2])([CH2]CCO)[CH]1C=Cc2ccccc21.Cl.Cl. The maximum atomic E-state index is 9.37. The topological polar surface area (TPSA) is 32.3 Å². The van der Waals surface area contributed by atoms with E-state index in [1.807, 2.05) is 0 Å². The van der Waals surface area contributed by atoms with Crippen molar-refractivity contribution >= 4 is 37.8 Å². The van der Waals surface area contributed by atoms with Gasteiger partial charge in [0.2, 0.25) is 0 Å². The van der Waals surface area contributed by atoms with Gasteiger partial charge in [0, 0.05) is 0 Å². The molecule has 1 aliphatic carbocycles. The Bertz CT molecular complexity index is 627. The third-order valence-corrected chi connectivity index (χ3v) is 23.9. The summed E-state index contributed by atoms with van der Waals surface area (Å²) in [5.74, 6) is 0. The zero-order valence-electron chi connectivity index (χ0n) is 14.6. The van der Waals surface area contributed by atoms with E-state index in [4.69, 9.17) is 0 Å². The van der Waals surface area contributed by atoms with Gasteiger partial charge in [0.15, 0.2) is 0 Å². The van der Waals surface area contributed by atoms with Crippen LogP contribution in [0.3, 0.4) is 0 Å². The Hall–Kier alpha value is 0.560. The third kappa shape index (κ3) is 5.52. The molecule has 1 unspecified atom stereocenters. The Morgan fingerprint density at radius 2 is 1.83 bits per heavy atom. The molecule has 1 aromatic carbocycles. The minimum atomic E-state index is -3.22. The van der Waals surface area contributed by atoms with E-state index in [0.717, 1.165) is 10.5 Å². The number of rotatable bonds is 5. The first-order valence-electron chi connectivity index (χ1n) is 7.88. The summed E-state index contributed by atoms with van der Waals surface area (Å²) in [6, 6.07) is 8.77. The van der Waals surface area contributed by atoms with E-state index in [2.05, 4.69) is 72.0 Å². The standard InChI is InChI=1S/C9H7.C4H10N.C3H7O.CH3.2ClH.H2Si.Zr/c1-2-5-9-7-3-6-8(9)4-1;1-4(2,3)5;1-2-3-4;;;;;/h1-7H;5H,1-3H3;4H,1-3H2;1H3;2*1H;1H2;/q;-1;;;;;;+1. The van der Waals surface area contributed by atoms with Crippen molar-refractivity contribution in [1.82, 2.24) is 3.26 Å². The predicted octanol–water partition coefficient (Wildman–Crippen LogP) is 3.99. The molecule has 0 spiro atoms. The Labute approximate surface area is 156 Å². The van der Waals surface area contributed by atoms with Crippen molar-refractivity contribution in [1.29, 1.82) is 0 Å². The van der Waals surface area contributed by atoms with Crippen LogP contribution in [0, 0.1) is 0 Å². The van der Waals surface area contributed by atoms with Crippen LogP contribution in [0.1, 0.15) is 41.9 Å². The van der Waals surface area contributed by atoms with Crippen LogP contribution in [0.5, 0.6) is 0 Å². The molecule has 2 nitrogen and oxygen atoms in total. The fraction of sp³-hybridized carbons (Fsp3) is 0.529. The number of fused-ring (bicyclic) bond motifs is 1. The largest absolute Gasteiger partial charge is 0.147 e. The van der Waals surface area contributed by atoms with Crippen LogP contribution >= 0.6 is 24.8 Å². The summed E-state index contributed by atoms with van der Waals surface area (Å²) in [6.45, 7) is 9.34. The second kappa shape index (κ2) is 8.29. The number of aliphatic hydroxyl groups excluding tert-OH is 1. The van der Waals surface area contributed by atoms with Crippen LogP contribution in [-0.2, 0) is 17.7 Å². The number of hydrogen-bond donors (Lipinski definition) is 2. The maximum Gasteiger partial charge on any atom is -0.147 e. The molecule has 2 N–H and O–H groups in total. The van der Waals surface area contributed by atoms with E-state index >= 15 is 0 Å². The van der Waals surface area contributed by atoms with Crippen molar-refractivity contribution in [2.75, 3.05) is 6.61 Å². The Kier molecular flexibility index (Phi) is 8.49. The predicted molar refractivity (Wildman–Crippen MR) is 107 cm³/mol. The molecular weight excluding hydrogens is 424 g/mol. The van der Waals surface area contributed by atoms with Gasteiger partial charge in [-0.15, -0.1) is 24.8 Å². The summed E-state index contributed by atoms with van der Waals surface area (Å²) < 4.78 is 8.30. The van der Waals surface area contributed by atoms with Gasteiger partial charge in [0.25, 0.3) is 0 Å². The van der Waals surface area contributed by atoms with Gasteiger partial charge in [-0.3, -0.25) is 0 Å². The molecule has 132 valence electrons. The smallest absolute Gasteiger partial charge is 0.147 e. The van der Waals surface area contributed by atoms with Crippen molar-refractivity contribution in [2.24, 2.45) is 0 Å². The zero-order chi connectivity index (χ0) is 15.8. The van der Waals surface area contributed by atoms with Gasteiger partial charge >= 0.3 is 132 Å². The van der Waals surface area contributed by atoms with Gasteiger partial charge in [-0.05, 0) is 0 Å². The van der Waals surface area contributed by atoms with Crippen LogP contribution in [-0.4, -0.2) is 24.1 Å². The van der Waals surface area contributed by atoms with Crippen LogP contribution in [0.4, 0.5) is 0 Å². The van der Waals surface area contributed by atoms with E-state index in [-0.39, 0.29) is 30.4 Å². The molecule has 0 aromatic heterocycles. The van der Waals surface area contributed by atoms with Crippen LogP contribution in [0.25, 0.3) is 6.08 Å². The average molecular weight is 456 g/mol. The first-order chi connectivity index (χ1) is 9.65. The number of hydrogen-bond acceptors (Lipinski definition) is 2. The van der Waals surface area contributed by atoms with E-state index in [9.17, 15) is 5.11 Å². The quantitative estimate of drug-likeness (QED) is 0.658. The summed E-state index contributed by atoms with van der Waals surface area (Å²) in [6.07, 6.45) is 5.61. The van der Waals surface area contributed by atoms with Crippen molar-refractivity contribution in [3.63, 3.8) is 0 Å². The van der Waals surface area contributed by atoms with E-state index in [1.54, 1.807) is 0 Å². The number of aliphatic hydroxyl groups is 1. The number of halogens is 2. The fourth-order valence-corrected chi connectivity index (χ4v) is 25.0. The molecule has 0 amide bonds. The molecule has 1 aliphatic rings. The fourth-order valence-electron chi connectivity index (χ4n) is 3.97. The van der Waals surface area contributed by atoms with Crippen LogP contribution in [0.2, 0.25) is 8.76 Å². The number of nitrogens with one attached hydrogen (secondary N) is 1. The van der Waals surface area contributed by atoms with Crippen molar-refractivity contribution in [3.05, 3.63) is 41.5 Å². The van der Waals surface area contributed by atoms with Gasteiger partial charge in [-0.2, -0.15) is 0 Å². The van der Waals surface area contributed by atoms with Gasteiger partial charge in [-0.1, -0.05) is 0 Å². The molecule has 0 saturated carbocycles. The molecule has 0 heterocycles. The molecule has 2 rings (SSSR count). The first kappa shape index (κ1) is 23.6. The second-order valence-electron chi connectivity index (χ2n) is 8.07. The minimum absolute atomic E-state index is 0. The molecule has 0 saturated heterocycles. The summed E-state index contributed by atoms with van der Waals surface area (Å²) in [5.41, 5.74) is 2.97. The molecule has 23 heavy (non-hydrogen) atoms. The normalized spacial score (nSPS) is 17.2. The van der Waals surface area contributed by atoms with Gasteiger partial charge in [0.1, 0.15) is 0 Å². The van der Waals surface area contributed by atoms with Gasteiger partial charge in [0.05, 0.1) is 0 Å². The Morgan fingerprint density at radius 3 is 2.39 bits per heavy atom. The third-order valence-electron chi connectivity index (χ3n) is 4.49. The zero-order valence-corrected chi connectivity index (χ0v) is 20.1. The molecule has 0 bridgehead atoms. The van der Waals surface area contributed by atoms with E-state index in [0.29, 0.717) is 10.2 Å². The molecule has 1 aromatic rings. The van der Waals surface area contributed by atoms with Crippen molar-refractivity contribution in [3.8, 4) is 0 Å². The van der Waals surface area contributed by atoms with Crippen molar-refractivity contribution < 1.29 is 22.8 Å². The van der Waals surface area contributed by atoms with Crippen molar-refractivity contribution in [2.45, 2.75) is 45.1 Å². The molecule has 6 heteroatoms. The molecule has 0 fully saturated rings. The van der Waals surface area contributed by atoms with Crippen LogP contribution < -0.4 is 3.26 Å². The first-order valence-corrected chi connectivity index (χ1v) is 20.6. The summed E-state index contributed by atoms with van der Waals surface area (Å²) >= 11 is -3.22. The summed E-state index contributed by atoms with van der Waals surface area (Å²) in [5, 5.41) is 9.37. The van der Waals surface area contributed by atoms with E-state index in [1.165, 1.54) is 11.1 Å². The van der Waals surface area contributed by atoms with Crippen LogP contribution in [0.15, 0.2) is 30.3 Å². The monoisotopic (exact) mass is 453 g/mol. The summed E-state index contributed by atoms with van der Waals surface area (Å²) in [4.78, 5) is 0. The Morgan fingerprint density at radius 1 is 1.22 bits per heavy atom. The van der Waals surface area contributed by atoms with Gasteiger partial charge in [-0.25, -0.2) is 0 Å². The molecule has 1 atom stereocenters. The average Bonchev–Trinajstić information content (AvgIpc) is 2.79. The minimum Gasteiger partial charge on any atom is -0.147 e. The van der Waals surface area contributed by atoms with Gasteiger partial charge < -0.3 is 0 Å². The Balaban J connectivity index is 0.00000242.